The van der Waals surface area contributed by atoms with Crippen LogP contribution in [0.25, 0.3) is 0 Å². The van der Waals surface area contributed by atoms with Crippen molar-refractivity contribution in [2.75, 3.05) is 20.3 Å². The van der Waals surface area contributed by atoms with Crippen molar-refractivity contribution in [3.05, 3.63) is 0 Å². The van der Waals surface area contributed by atoms with Gasteiger partial charge in [-0.25, -0.2) is 4.79 Å². The number of aliphatic hydroxyl groups is 1. The Morgan fingerprint density at radius 3 is 2.78 bits per heavy atom. The first kappa shape index (κ1) is 14.9. The quantitative estimate of drug-likeness (QED) is 0.516. The number of nitrogens with zero attached hydrogens (tertiary/aromatic N) is 1. The number of rotatable bonds is 6. The molecular weight excluding hydrogens is 240 g/mol. The largest absolute Gasteiger partial charge is 0.480 e. The van der Waals surface area contributed by atoms with Crippen LogP contribution in [-0.4, -0.2) is 65.4 Å². The summed E-state index contributed by atoms with van der Waals surface area (Å²) in [7, 11) is 1.56. The zero-order chi connectivity index (χ0) is 13.7. The summed E-state index contributed by atoms with van der Waals surface area (Å²) in [6.07, 6.45) is 0.343. The third-order valence-corrected chi connectivity index (χ3v) is 3.03. The van der Waals surface area contributed by atoms with Gasteiger partial charge >= 0.3 is 5.97 Å². The number of amides is 1. The molecule has 1 aliphatic heterocycles. The second kappa shape index (κ2) is 6.67. The van der Waals surface area contributed by atoms with E-state index in [9.17, 15) is 14.7 Å². The lowest BCUT2D eigenvalue weighted by atomic mass is 10.1. The number of aliphatic carboxylic acids is 1. The molecule has 4 N–H and O–H groups in total. The van der Waals surface area contributed by atoms with Crippen LogP contribution in [0.15, 0.2) is 0 Å². The maximum atomic E-state index is 12.0. The van der Waals surface area contributed by atoms with Gasteiger partial charge in [0.1, 0.15) is 6.04 Å². The Balaban J connectivity index is 2.56. The van der Waals surface area contributed by atoms with Gasteiger partial charge in [0.05, 0.1) is 12.1 Å². The molecule has 0 saturated carbocycles. The second-order valence-corrected chi connectivity index (χ2v) is 4.48. The van der Waals surface area contributed by atoms with Crippen LogP contribution >= 0.6 is 0 Å². The number of nitrogens with two attached hydrogens (primary N) is 1. The summed E-state index contributed by atoms with van der Waals surface area (Å²) in [5.41, 5.74) is 5.72. The van der Waals surface area contributed by atoms with Crippen LogP contribution in [0.5, 0.6) is 0 Å². The van der Waals surface area contributed by atoms with E-state index in [0.29, 0.717) is 19.4 Å². The molecular formula is C11H20N2O5. The number of ether oxygens (including phenoxy) is 1. The van der Waals surface area contributed by atoms with Gasteiger partial charge in [-0.2, -0.15) is 0 Å². The Labute approximate surface area is 106 Å². The predicted molar refractivity (Wildman–Crippen MR) is 62.8 cm³/mol. The number of carboxylic acids is 1. The van der Waals surface area contributed by atoms with Crippen molar-refractivity contribution in [1.29, 1.82) is 0 Å². The number of methoxy groups -OCH3 is 1. The van der Waals surface area contributed by atoms with E-state index >= 15 is 0 Å². The van der Waals surface area contributed by atoms with Crippen LogP contribution in [0.2, 0.25) is 0 Å². The summed E-state index contributed by atoms with van der Waals surface area (Å²) in [5, 5.41) is 18.4. The minimum Gasteiger partial charge on any atom is -0.480 e. The predicted octanol–water partition coefficient (Wildman–Crippen LogP) is -1.21. The van der Waals surface area contributed by atoms with Crippen molar-refractivity contribution in [2.24, 2.45) is 5.73 Å². The zero-order valence-corrected chi connectivity index (χ0v) is 10.4. The monoisotopic (exact) mass is 260 g/mol. The summed E-state index contributed by atoms with van der Waals surface area (Å²) in [5.74, 6) is -1.53. The lowest BCUT2D eigenvalue weighted by Crippen LogP contribution is -2.48. The second-order valence-electron chi connectivity index (χ2n) is 4.48. The number of carbonyl (C=O) groups excluding carboxylic acids is 1. The summed E-state index contributed by atoms with van der Waals surface area (Å²) in [4.78, 5) is 24.1. The molecule has 2 unspecified atom stereocenters. The Kier molecular flexibility index (Phi) is 5.52. The molecule has 1 amide bonds. The van der Waals surface area contributed by atoms with E-state index in [1.165, 1.54) is 0 Å². The molecule has 7 nitrogen and oxygen atoms in total. The third kappa shape index (κ3) is 3.66. The fourth-order valence-corrected chi connectivity index (χ4v) is 2.08. The Morgan fingerprint density at radius 2 is 2.22 bits per heavy atom. The molecule has 0 bridgehead atoms. The Morgan fingerprint density at radius 1 is 1.56 bits per heavy atom. The van der Waals surface area contributed by atoms with Crippen LogP contribution in [0, 0.1) is 0 Å². The highest BCUT2D eigenvalue weighted by molar-refractivity contribution is 5.87. The average molecular weight is 260 g/mol. The van der Waals surface area contributed by atoms with E-state index in [-0.39, 0.29) is 13.0 Å². The first-order chi connectivity index (χ1) is 8.47. The lowest BCUT2D eigenvalue weighted by Gasteiger charge is -2.24. The molecule has 1 rings (SSSR count). The molecule has 104 valence electrons. The maximum Gasteiger partial charge on any atom is 0.326 e. The standard InChI is InChI=1S/C11H20N2O5/c1-18-4-2-3-8(12)10(15)13-6-7(14)5-9(13)11(16)17/h7-9,14H,2-6,12H2,1H3,(H,16,17)/t7?,8?,9-/m0/s1. The first-order valence-corrected chi connectivity index (χ1v) is 5.93. The highest BCUT2D eigenvalue weighted by Crippen LogP contribution is 2.19. The highest BCUT2D eigenvalue weighted by Gasteiger charge is 2.40. The number of hydrogen-bond donors (Lipinski definition) is 3. The van der Waals surface area contributed by atoms with E-state index in [4.69, 9.17) is 15.6 Å². The topological polar surface area (TPSA) is 113 Å². The molecule has 0 aliphatic carbocycles. The van der Waals surface area contributed by atoms with Gasteiger partial charge in [-0.15, -0.1) is 0 Å². The van der Waals surface area contributed by atoms with Crippen LogP contribution < -0.4 is 5.73 Å². The summed E-state index contributed by atoms with van der Waals surface area (Å²) >= 11 is 0. The van der Waals surface area contributed by atoms with E-state index < -0.39 is 30.1 Å². The summed E-state index contributed by atoms with van der Waals surface area (Å²) in [6.45, 7) is 0.541. The van der Waals surface area contributed by atoms with Crippen molar-refractivity contribution in [3.8, 4) is 0 Å². The van der Waals surface area contributed by atoms with Crippen molar-refractivity contribution in [1.82, 2.24) is 4.90 Å². The molecule has 0 aromatic heterocycles. The van der Waals surface area contributed by atoms with Gasteiger partial charge in [-0.05, 0) is 12.8 Å². The number of likely N-dealkylation sites (tertiary alicyclic amines) is 1. The van der Waals surface area contributed by atoms with Crippen molar-refractivity contribution < 1.29 is 24.5 Å². The summed E-state index contributed by atoms with van der Waals surface area (Å²) < 4.78 is 4.86. The SMILES string of the molecule is COCCCC(N)C(=O)N1CC(O)C[C@H]1C(=O)O. The van der Waals surface area contributed by atoms with E-state index in [1.807, 2.05) is 0 Å². The van der Waals surface area contributed by atoms with E-state index in [2.05, 4.69) is 0 Å². The smallest absolute Gasteiger partial charge is 0.326 e. The molecule has 1 heterocycles. The fraction of sp³-hybridized carbons (Fsp3) is 0.818. The van der Waals surface area contributed by atoms with Gasteiger partial charge in [0.15, 0.2) is 0 Å². The molecule has 0 spiro atoms. The van der Waals surface area contributed by atoms with Crippen molar-refractivity contribution >= 4 is 11.9 Å². The van der Waals surface area contributed by atoms with Crippen LogP contribution in [0.4, 0.5) is 0 Å². The molecule has 0 aromatic rings. The van der Waals surface area contributed by atoms with Gasteiger partial charge in [0.2, 0.25) is 5.91 Å². The normalized spacial score (nSPS) is 25.2. The number of β-amino-alcohol motifs (C(OH)–C–C–N with tert-alkyl or cyclic N) is 1. The molecule has 7 heteroatoms. The van der Waals surface area contributed by atoms with Gasteiger partial charge < -0.3 is 25.6 Å². The minimum atomic E-state index is -1.11. The first-order valence-electron chi connectivity index (χ1n) is 5.93. The Hall–Kier alpha value is -1.18. The highest BCUT2D eigenvalue weighted by atomic mass is 16.5. The number of carboxylic acid groups (broad SMARTS) is 1. The zero-order valence-electron chi connectivity index (χ0n) is 10.4. The number of carbonyl (C=O) groups is 2. The third-order valence-electron chi connectivity index (χ3n) is 3.03. The molecule has 3 atom stereocenters. The number of aliphatic hydroxyl groups excluding tert-OH is 1. The van der Waals surface area contributed by atoms with Crippen LogP contribution in [0.3, 0.4) is 0 Å². The molecule has 0 radical (unpaired) electrons. The van der Waals surface area contributed by atoms with Crippen LogP contribution in [-0.2, 0) is 14.3 Å². The van der Waals surface area contributed by atoms with Gasteiger partial charge in [0.25, 0.3) is 0 Å². The maximum absolute atomic E-state index is 12.0. The molecule has 18 heavy (non-hydrogen) atoms. The molecule has 1 aliphatic rings. The molecule has 0 aromatic carbocycles. The van der Waals surface area contributed by atoms with Crippen molar-refractivity contribution in [2.45, 2.75) is 37.5 Å². The van der Waals surface area contributed by atoms with Crippen molar-refractivity contribution in [3.63, 3.8) is 0 Å². The fourth-order valence-electron chi connectivity index (χ4n) is 2.08. The van der Waals surface area contributed by atoms with Gasteiger partial charge in [-0.1, -0.05) is 0 Å². The van der Waals surface area contributed by atoms with E-state index in [0.717, 1.165) is 4.90 Å². The minimum absolute atomic E-state index is 0.0355. The summed E-state index contributed by atoms with van der Waals surface area (Å²) in [6, 6.07) is -1.71. The lowest BCUT2D eigenvalue weighted by molar-refractivity contribution is -0.148. The average Bonchev–Trinajstić information content (AvgIpc) is 2.70. The van der Waals surface area contributed by atoms with Gasteiger partial charge in [-0.3, -0.25) is 4.79 Å². The molecule has 1 saturated heterocycles. The van der Waals surface area contributed by atoms with Gasteiger partial charge in [0, 0.05) is 26.7 Å². The van der Waals surface area contributed by atoms with Crippen LogP contribution in [0.1, 0.15) is 19.3 Å². The molecule has 1 fully saturated rings. The number of hydrogen-bond acceptors (Lipinski definition) is 5. The van der Waals surface area contributed by atoms with E-state index in [1.54, 1.807) is 7.11 Å². The Bertz CT molecular complexity index is 310.